The average Bonchev–Trinajstić information content (AvgIpc) is 2.63. The second-order valence-electron chi connectivity index (χ2n) is 2.92. The molecule has 0 fully saturated rings. The second kappa shape index (κ2) is 3.34. The minimum atomic E-state index is -0.377. The molecule has 0 N–H and O–H groups in total. The molecule has 0 unspecified atom stereocenters. The monoisotopic (exact) mass is 208 g/mol. The van der Waals surface area contributed by atoms with Crippen molar-refractivity contribution >= 4 is 27.2 Å². The van der Waals surface area contributed by atoms with E-state index in [9.17, 15) is 10.1 Å². The van der Waals surface area contributed by atoms with Crippen molar-refractivity contribution in [2.24, 2.45) is 0 Å². The van der Waals surface area contributed by atoms with Crippen LogP contribution in [0.4, 0.5) is 5.69 Å². The number of non-ortho nitro benzene ring substituents is 1. The summed E-state index contributed by atoms with van der Waals surface area (Å²) in [6, 6.07) is 3.14. The number of rotatable bonds is 2. The summed E-state index contributed by atoms with van der Waals surface area (Å²) in [7, 11) is 0. The Balaban J connectivity index is 2.73. The number of thiazole rings is 1. The first-order valence-electron chi connectivity index (χ1n) is 4.23. The van der Waals surface area contributed by atoms with Crippen LogP contribution in [0.25, 0.3) is 10.2 Å². The van der Waals surface area contributed by atoms with E-state index in [1.54, 1.807) is 11.6 Å². The van der Waals surface area contributed by atoms with Crippen LogP contribution in [0.1, 0.15) is 12.5 Å². The lowest BCUT2D eigenvalue weighted by Gasteiger charge is -1.98. The molecule has 5 heteroatoms. The Hall–Kier alpha value is -1.49. The third-order valence-corrected chi connectivity index (χ3v) is 3.00. The fraction of sp³-hybridized carbons (Fsp3) is 0.222. The van der Waals surface area contributed by atoms with Crippen LogP contribution in [0.15, 0.2) is 17.6 Å². The summed E-state index contributed by atoms with van der Waals surface area (Å²) in [5.41, 5.74) is 3.56. The van der Waals surface area contributed by atoms with E-state index in [1.165, 1.54) is 17.4 Å². The van der Waals surface area contributed by atoms with Crippen molar-refractivity contribution in [1.29, 1.82) is 0 Å². The summed E-state index contributed by atoms with van der Waals surface area (Å²) in [6.45, 7) is 1.98. The Morgan fingerprint density at radius 1 is 1.57 bits per heavy atom. The van der Waals surface area contributed by atoms with Gasteiger partial charge >= 0.3 is 0 Å². The van der Waals surface area contributed by atoms with Gasteiger partial charge < -0.3 is 0 Å². The lowest BCUT2D eigenvalue weighted by molar-refractivity contribution is -0.384. The van der Waals surface area contributed by atoms with Crippen LogP contribution in [0.3, 0.4) is 0 Å². The van der Waals surface area contributed by atoms with E-state index >= 15 is 0 Å². The van der Waals surface area contributed by atoms with Crippen LogP contribution >= 0.6 is 11.3 Å². The zero-order chi connectivity index (χ0) is 10.1. The first-order valence-corrected chi connectivity index (χ1v) is 5.11. The molecule has 2 aromatic rings. The summed E-state index contributed by atoms with van der Waals surface area (Å²) in [5, 5.41) is 10.6. The maximum atomic E-state index is 10.6. The fourth-order valence-corrected chi connectivity index (χ4v) is 2.25. The highest BCUT2D eigenvalue weighted by Gasteiger charge is 2.11. The molecule has 2 rings (SSSR count). The molecular weight excluding hydrogens is 200 g/mol. The molecule has 4 nitrogen and oxygen atoms in total. The number of nitrogens with zero attached hydrogens (tertiary/aromatic N) is 2. The van der Waals surface area contributed by atoms with Gasteiger partial charge in [-0.1, -0.05) is 6.92 Å². The highest BCUT2D eigenvalue weighted by molar-refractivity contribution is 7.16. The summed E-state index contributed by atoms with van der Waals surface area (Å²) >= 11 is 1.53. The largest absolute Gasteiger partial charge is 0.271 e. The molecule has 1 heterocycles. The van der Waals surface area contributed by atoms with Crippen molar-refractivity contribution in [3.63, 3.8) is 0 Å². The SMILES string of the molecule is CCc1cc([N+](=O)[O-])cc2ncsc12. The van der Waals surface area contributed by atoms with E-state index in [0.29, 0.717) is 0 Å². The van der Waals surface area contributed by atoms with Gasteiger partial charge in [0.2, 0.25) is 0 Å². The van der Waals surface area contributed by atoms with Crippen LogP contribution in [-0.4, -0.2) is 9.91 Å². The van der Waals surface area contributed by atoms with E-state index in [2.05, 4.69) is 4.98 Å². The third-order valence-electron chi connectivity index (χ3n) is 2.09. The molecule has 0 saturated carbocycles. The molecule has 0 spiro atoms. The fourth-order valence-electron chi connectivity index (χ4n) is 1.39. The molecule has 0 amide bonds. The molecule has 0 saturated heterocycles. The van der Waals surface area contributed by atoms with Crippen molar-refractivity contribution in [2.45, 2.75) is 13.3 Å². The number of nitro groups is 1. The number of hydrogen-bond acceptors (Lipinski definition) is 4. The van der Waals surface area contributed by atoms with Crippen LogP contribution in [0, 0.1) is 10.1 Å². The normalized spacial score (nSPS) is 10.6. The predicted molar refractivity (Wildman–Crippen MR) is 55.7 cm³/mol. The summed E-state index contributed by atoms with van der Waals surface area (Å²) in [4.78, 5) is 14.3. The summed E-state index contributed by atoms with van der Waals surface area (Å²) in [5.74, 6) is 0. The van der Waals surface area contributed by atoms with Crippen LogP contribution in [0.2, 0.25) is 0 Å². The Labute approximate surface area is 84.4 Å². The van der Waals surface area contributed by atoms with Crippen molar-refractivity contribution in [3.05, 3.63) is 33.3 Å². The molecule has 72 valence electrons. The number of aryl methyl sites for hydroxylation is 1. The zero-order valence-corrected chi connectivity index (χ0v) is 8.37. The van der Waals surface area contributed by atoms with Gasteiger partial charge in [0, 0.05) is 12.1 Å². The molecule has 1 aromatic carbocycles. The Kier molecular flexibility index (Phi) is 2.17. The van der Waals surface area contributed by atoms with Crippen molar-refractivity contribution in [3.8, 4) is 0 Å². The molecule has 0 aliphatic carbocycles. The Bertz CT molecular complexity index is 493. The molecule has 0 atom stereocenters. The number of nitro benzene ring substituents is 1. The standard InChI is InChI=1S/C9H8N2O2S/c1-2-6-3-7(11(12)13)4-8-9(6)14-5-10-8/h3-5H,2H2,1H3. The highest BCUT2D eigenvalue weighted by Crippen LogP contribution is 2.27. The van der Waals surface area contributed by atoms with Crippen LogP contribution in [0.5, 0.6) is 0 Å². The smallest absolute Gasteiger partial charge is 0.258 e. The van der Waals surface area contributed by atoms with Gasteiger partial charge in [-0.2, -0.15) is 0 Å². The molecule has 0 aliphatic rings. The predicted octanol–water partition coefficient (Wildman–Crippen LogP) is 2.77. The van der Waals surface area contributed by atoms with Gasteiger partial charge in [-0.15, -0.1) is 11.3 Å². The Morgan fingerprint density at radius 3 is 3.00 bits per heavy atom. The van der Waals surface area contributed by atoms with Gasteiger partial charge in [0.05, 0.1) is 20.7 Å². The highest BCUT2D eigenvalue weighted by atomic mass is 32.1. The quantitative estimate of drug-likeness (QED) is 0.563. The van der Waals surface area contributed by atoms with Crippen molar-refractivity contribution < 1.29 is 4.92 Å². The third kappa shape index (κ3) is 1.35. The molecule has 1 aromatic heterocycles. The summed E-state index contributed by atoms with van der Waals surface area (Å²) in [6.07, 6.45) is 0.792. The van der Waals surface area contributed by atoms with Crippen LogP contribution in [-0.2, 0) is 6.42 Å². The van der Waals surface area contributed by atoms with Gasteiger partial charge in [0.25, 0.3) is 5.69 Å². The van der Waals surface area contributed by atoms with E-state index in [0.717, 1.165) is 22.2 Å². The van der Waals surface area contributed by atoms with Gasteiger partial charge in [0.1, 0.15) is 0 Å². The maximum absolute atomic E-state index is 10.6. The van der Waals surface area contributed by atoms with Crippen LogP contribution < -0.4 is 0 Å². The molecule has 0 bridgehead atoms. The van der Waals surface area contributed by atoms with Crippen molar-refractivity contribution in [2.75, 3.05) is 0 Å². The van der Waals surface area contributed by atoms with E-state index in [4.69, 9.17) is 0 Å². The van der Waals surface area contributed by atoms with Gasteiger partial charge in [-0.3, -0.25) is 10.1 Å². The number of benzene rings is 1. The summed E-state index contributed by atoms with van der Waals surface area (Å²) < 4.78 is 1.05. The molecular formula is C9H8N2O2S. The molecule has 0 radical (unpaired) electrons. The first kappa shape index (κ1) is 9.08. The number of hydrogen-bond donors (Lipinski definition) is 0. The van der Waals surface area contributed by atoms with Crippen molar-refractivity contribution in [1.82, 2.24) is 4.98 Å². The zero-order valence-electron chi connectivity index (χ0n) is 7.56. The lowest BCUT2D eigenvalue weighted by Crippen LogP contribution is -1.90. The maximum Gasteiger partial charge on any atom is 0.271 e. The van der Waals surface area contributed by atoms with Gasteiger partial charge in [0.15, 0.2) is 0 Å². The minimum Gasteiger partial charge on any atom is -0.258 e. The molecule has 0 aliphatic heterocycles. The van der Waals surface area contributed by atoms with Gasteiger partial charge in [-0.05, 0) is 12.0 Å². The topological polar surface area (TPSA) is 56.0 Å². The number of fused-ring (bicyclic) bond motifs is 1. The first-order chi connectivity index (χ1) is 6.72. The van der Waals surface area contributed by atoms with Gasteiger partial charge in [-0.25, -0.2) is 4.98 Å². The lowest BCUT2D eigenvalue weighted by atomic mass is 10.1. The second-order valence-corrected chi connectivity index (χ2v) is 3.77. The minimum absolute atomic E-state index is 0.125. The van der Waals surface area contributed by atoms with E-state index in [-0.39, 0.29) is 10.6 Å². The number of aromatic nitrogens is 1. The molecule has 14 heavy (non-hydrogen) atoms. The average molecular weight is 208 g/mol. The van der Waals surface area contributed by atoms with E-state index in [1.807, 2.05) is 6.92 Å². The van der Waals surface area contributed by atoms with E-state index < -0.39 is 0 Å². The Morgan fingerprint density at radius 2 is 2.36 bits per heavy atom.